The summed E-state index contributed by atoms with van der Waals surface area (Å²) in [7, 11) is 7.28. The van der Waals surface area contributed by atoms with Gasteiger partial charge in [0.15, 0.2) is 5.96 Å². The Morgan fingerprint density at radius 1 is 1.26 bits per heavy atom. The molecule has 2 N–H and O–H groups in total. The molecule has 0 aromatic heterocycles. The number of methoxy groups -OCH3 is 1. The average Bonchev–Trinajstić information content (AvgIpc) is 3.16. The van der Waals surface area contributed by atoms with Crippen LogP contribution in [0.15, 0.2) is 4.99 Å². The number of nitrogens with zero attached hydrogens (tertiary/aromatic N) is 3. The molecule has 27 heavy (non-hydrogen) atoms. The Balaban J connectivity index is 1.78. The monoisotopic (exact) mass is 381 g/mol. The van der Waals surface area contributed by atoms with Crippen molar-refractivity contribution in [3.8, 4) is 0 Å². The number of rotatable bonds is 8. The van der Waals surface area contributed by atoms with Crippen LogP contribution in [0.4, 0.5) is 0 Å². The number of piperidine rings is 1. The van der Waals surface area contributed by atoms with Gasteiger partial charge in [-0.05, 0) is 32.1 Å². The van der Waals surface area contributed by atoms with Gasteiger partial charge in [-0.25, -0.2) is 0 Å². The summed E-state index contributed by atoms with van der Waals surface area (Å²) < 4.78 is 5.14. The Hall–Kier alpha value is -1.34. The molecule has 0 atom stereocenters. The topological polar surface area (TPSA) is 69.2 Å². The van der Waals surface area contributed by atoms with Crippen LogP contribution in [0.1, 0.15) is 44.9 Å². The first-order valence-corrected chi connectivity index (χ1v) is 10.4. The summed E-state index contributed by atoms with van der Waals surface area (Å²) in [5, 5.41) is 7.02. The zero-order chi connectivity index (χ0) is 19.7. The molecule has 7 heteroatoms. The van der Waals surface area contributed by atoms with Crippen LogP contribution < -0.4 is 10.6 Å². The number of nitrogens with one attached hydrogen (secondary N) is 2. The molecule has 1 amide bonds. The second-order valence-electron chi connectivity index (χ2n) is 8.22. The lowest BCUT2D eigenvalue weighted by Gasteiger charge is -2.34. The summed E-state index contributed by atoms with van der Waals surface area (Å²) in [6.07, 6.45) is 7.54. The first-order chi connectivity index (χ1) is 13.0. The summed E-state index contributed by atoms with van der Waals surface area (Å²) >= 11 is 0. The summed E-state index contributed by atoms with van der Waals surface area (Å²) in [4.78, 5) is 21.4. The molecular formula is C20H39N5O2. The molecule has 2 rings (SSSR count). The Labute approximate surface area is 164 Å². The number of aliphatic imine (C=N–C) groups is 1. The number of hydrogen-bond donors (Lipinski definition) is 2. The molecule has 1 aliphatic heterocycles. The van der Waals surface area contributed by atoms with Gasteiger partial charge in [-0.2, -0.15) is 0 Å². The molecule has 0 spiro atoms. The number of likely N-dealkylation sites (tertiary alicyclic amines) is 1. The van der Waals surface area contributed by atoms with E-state index in [-0.39, 0.29) is 11.3 Å². The van der Waals surface area contributed by atoms with Crippen LogP contribution in [0, 0.1) is 5.41 Å². The highest BCUT2D eigenvalue weighted by molar-refractivity contribution is 5.85. The van der Waals surface area contributed by atoms with Crippen molar-refractivity contribution in [2.75, 3.05) is 61.0 Å². The number of ether oxygens (including phenoxy) is 1. The van der Waals surface area contributed by atoms with Gasteiger partial charge in [0.25, 0.3) is 0 Å². The molecule has 0 radical (unpaired) electrons. The standard InChI is InChI=1S/C20H39N5O2/c1-21-19(22-16-20(10-5-6-11-20)18(26)24(2)3)23-17-8-13-25(14-9-17)12-7-15-27-4/h17H,5-16H2,1-4H3,(H2,21,22,23). The number of carbonyl (C=O) groups is 1. The smallest absolute Gasteiger partial charge is 0.230 e. The fourth-order valence-corrected chi connectivity index (χ4v) is 4.37. The van der Waals surface area contributed by atoms with Crippen LogP contribution in [0.2, 0.25) is 0 Å². The molecule has 0 unspecified atom stereocenters. The van der Waals surface area contributed by atoms with E-state index in [0.29, 0.717) is 12.6 Å². The molecule has 2 aliphatic rings. The largest absolute Gasteiger partial charge is 0.385 e. The maximum absolute atomic E-state index is 12.7. The Morgan fingerprint density at radius 2 is 1.93 bits per heavy atom. The maximum Gasteiger partial charge on any atom is 0.230 e. The minimum atomic E-state index is -0.272. The third-order valence-electron chi connectivity index (χ3n) is 5.99. The molecule has 156 valence electrons. The van der Waals surface area contributed by atoms with Gasteiger partial charge in [0.2, 0.25) is 5.91 Å². The van der Waals surface area contributed by atoms with Crippen LogP contribution in [-0.4, -0.2) is 88.7 Å². The van der Waals surface area contributed by atoms with Crippen molar-refractivity contribution in [2.45, 2.75) is 51.0 Å². The van der Waals surface area contributed by atoms with E-state index in [0.717, 1.165) is 77.1 Å². The minimum Gasteiger partial charge on any atom is -0.385 e. The molecule has 1 saturated heterocycles. The van der Waals surface area contributed by atoms with Crippen LogP contribution in [0.25, 0.3) is 0 Å². The van der Waals surface area contributed by atoms with Crippen molar-refractivity contribution in [3.63, 3.8) is 0 Å². The molecule has 0 aromatic carbocycles. The first kappa shape index (κ1) is 22.0. The highest BCUT2D eigenvalue weighted by atomic mass is 16.5. The predicted molar refractivity (Wildman–Crippen MR) is 110 cm³/mol. The van der Waals surface area contributed by atoms with Gasteiger partial charge < -0.3 is 25.2 Å². The molecule has 1 saturated carbocycles. The SMILES string of the molecule is CN=C(NCC1(C(=O)N(C)C)CCCC1)NC1CCN(CCCOC)CC1. The lowest BCUT2D eigenvalue weighted by molar-refractivity contribution is -0.138. The zero-order valence-corrected chi connectivity index (χ0v) is 17.7. The predicted octanol–water partition coefficient (Wildman–Crippen LogP) is 1.30. The lowest BCUT2D eigenvalue weighted by atomic mass is 9.84. The van der Waals surface area contributed by atoms with Gasteiger partial charge in [0, 0.05) is 67.1 Å². The summed E-state index contributed by atoms with van der Waals surface area (Å²) in [5.41, 5.74) is -0.272. The highest BCUT2D eigenvalue weighted by Gasteiger charge is 2.42. The molecule has 0 bridgehead atoms. The quantitative estimate of drug-likeness (QED) is 0.377. The third kappa shape index (κ3) is 6.35. The number of hydrogen-bond acceptors (Lipinski definition) is 4. The van der Waals surface area contributed by atoms with E-state index in [1.807, 2.05) is 21.1 Å². The van der Waals surface area contributed by atoms with E-state index in [2.05, 4.69) is 20.5 Å². The average molecular weight is 382 g/mol. The van der Waals surface area contributed by atoms with Crippen molar-refractivity contribution in [3.05, 3.63) is 0 Å². The first-order valence-electron chi connectivity index (χ1n) is 10.4. The summed E-state index contributed by atoms with van der Waals surface area (Å²) in [6, 6.07) is 0.443. The number of guanidine groups is 1. The molecular weight excluding hydrogens is 342 g/mol. The van der Waals surface area contributed by atoms with Crippen LogP contribution in [0.3, 0.4) is 0 Å². The Kier molecular flexibility index (Phi) is 8.83. The summed E-state index contributed by atoms with van der Waals surface area (Å²) in [5.74, 6) is 1.07. The fourth-order valence-electron chi connectivity index (χ4n) is 4.37. The molecule has 1 aliphatic carbocycles. The molecule has 0 aromatic rings. The normalized spacial score (nSPS) is 21.3. The second kappa shape index (κ2) is 10.9. The minimum absolute atomic E-state index is 0.243. The van der Waals surface area contributed by atoms with E-state index in [1.54, 1.807) is 12.0 Å². The van der Waals surface area contributed by atoms with Gasteiger partial charge in [-0.1, -0.05) is 12.8 Å². The summed E-state index contributed by atoms with van der Waals surface area (Å²) in [6.45, 7) is 4.84. The van der Waals surface area contributed by atoms with E-state index in [4.69, 9.17) is 4.74 Å². The highest BCUT2D eigenvalue weighted by Crippen LogP contribution is 2.38. The third-order valence-corrected chi connectivity index (χ3v) is 5.99. The van der Waals surface area contributed by atoms with Crippen molar-refractivity contribution >= 4 is 11.9 Å². The van der Waals surface area contributed by atoms with Crippen molar-refractivity contribution < 1.29 is 9.53 Å². The van der Waals surface area contributed by atoms with Crippen molar-refractivity contribution in [1.82, 2.24) is 20.4 Å². The zero-order valence-electron chi connectivity index (χ0n) is 17.7. The molecule has 2 fully saturated rings. The Morgan fingerprint density at radius 3 is 2.48 bits per heavy atom. The van der Waals surface area contributed by atoms with E-state index in [9.17, 15) is 4.79 Å². The number of carbonyl (C=O) groups excluding carboxylic acids is 1. The molecule has 7 nitrogen and oxygen atoms in total. The van der Waals surface area contributed by atoms with Gasteiger partial charge >= 0.3 is 0 Å². The maximum atomic E-state index is 12.7. The van der Waals surface area contributed by atoms with Crippen molar-refractivity contribution in [2.24, 2.45) is 10.4 Å². The van der Waals surface area contributed by atoms with Gasteiger partial charge in [0.05, 0.1) is 5.41 Å². The van der Waals surface area contributed by atoms with Gasteiger partial charge in [-0.3, -0.25) is 9.79 Å². The number of amides is 1. The van der Waals surface area contributed by atoms with Gasteiger partial charge in [0.1, 0.15) is 0 Å². The van der Waals surface area contributed by atoms with Crippen molar-refractivity contribution in [1.29, 1.82) is 0 Å². The van der Waals surface area contributed by atoms with Crippen LogP contribution in [0.5, 0.6) is 0 Å². The lowest BCUT2D eigenvalue weighted by Crippen LogP contribution is -2.52. The molecule has 1 heterocycles. The van der Waals surface area contributed by atoms with Gasteiger partial charge in [-0.15, -0.1) is 0 Å². The second-order valence-corrected chi connectivity index (χ2v) is 8.22. The van der Waals surface area contributed by atoms with E-state index >= 15 is 0 Å². The van der Waals surface area contributed by atoms with E-state index in [1.165, 1.54) is 0 Å². The van der Waals surface area contributed by atoms with E-state index < -0.39 is 0 Å². The van der Waals surface area contributed by atoms with Crippen LogP contribution in [-0.2, 0) is 9.53 Å². The fraction of sp³-hybridized carbons (Fsp3) is 0.900. The Bertz CT molecular complexity index is 481. The van der Waals surface area contributed by atoms with Crippen LogP contribution >= 0.6 is 0 Å².